The van der Waals surface area contributed by atoms with Crippen LogP contribution < -0.4 is 10.2 Å². The fourth-order valence-corrected chi connectivity index (χ4v) is 5.84. The molecule has 5 rings (SSSR count). The smallest absolute Gasteiger partial charge is 0.240 e. The number of nitrogens with zero attached hydrogens (tertiary/aromatic N) is 4. The molecule has 2 atom stereocenters. The van der Waals surface area contributed by atoms with Crippen LogP contribution in [0.2, 0.25) is 0 Å². The van der Waals surface area contributed by atoms with Gasteiger partial charge in [0.1, 0.15) is 6.07 Å². The van der Waals surface area contributed by atoms with Gasteiger partial charge in [-0.25, -0.2) is 0 Å². The van der Waals surface area contributed by atoms with Gasteiger partial charge >= 0.3 is 0 Å². The Hall–Kier alpha value is -3.18. The lowest BCUT2D eigenvalue weighted by molar-refractivity contribution is -0.136. The number of likely N-dealkylation sites (tertiary alicyclic amines) is 1. The summed E-state index contributed by atoms with van der Waals surface area (Å²) in [5.41, 5.74) is 4.09. The van der Waals surface area contributed by atoms with E-state index in [2.05, 4.69) is 79.6 Å². The van der Waals surface area contributed by atoms with Crippen LogP contribution in [-0.4, -0.2) is 60.5 Å². The van der Waals surface area contributed by atoms with Gasteiger partial charge in [0.15, 0.2) is 0 Å². The van der Waals surface area contributed by atoms with Crippen molar-refractivity contribution >= 4 is 27.5 Å². The van der Waals surface area contributed by atoms with E-state index in [-0.39, 0.29) is 18.0 Å². The number of hydrogen-bond donors (Lipinski definition) is 1. The van der Waals surface area contributed by atoms with E-state index in [1.807, 2.05) is 41.3 Å². The summed E-state index contributed by atoms with van der Waals surface area (Å²) in [6.07, 6.45) is 0.799. The van der Waals surface area contributed by atoms with E-state index in [1.54, 1.807) is 0 Å². The Balaban J connectivity index is 1.25. The minimum Gasteiger partial charge on any atom is -0.367 e. The third-order valence-electron chi connectivity index (χ3n) is 7.41. The van der Waals surface area contributed by atoms with Crippen molar-refractivity contribution in [2.45, 2.75) is 31.6 Å². The van der Waals surface area contributed by atoms with E-state index in [4.69, 9.17) is 0 Å². The molecule has 190 valence electrons. The van der Waals surface area contributed by atoms with Crippen molar-refractivity contribution in [3.8, 4) is 6.07 Å². The lowest BCUT2D eigenvalue weighted by Crippen LogP contribution is -2.53. The molecule has 0 aliphatic carbocycles. The minimum absolute atomic E-state index is 0.144. The lowest BCUT2D eigenvalue weighted by atomic mass is 10.1. The van der Waals surface area contributed by atoms with Gasteiger partial charge in [-0.3, -0.25) is 9.69 Å². The monoisotopic (exact) mass is 557 g/mol. The number of para-hydroxylation sites is 1. The summed E-state index contributed by atoms with van der Waals surface area (Å²) in [5, 5.41) is 13.2. The first-order valence-corrected chi connectivity index (χ1v) is 13.7. The van der Waals surface area contributed by atoms with Gasteiger partial charge in [-0.1, -0.05) is 76.6 Å². The van der Waals surface area contributed by atoms with Crippen LogP contribution in [0.5, 0.6) is 0 Å². The molecule has 2 aliphatic rings. The van der Waals surface area contributed by atoms with Gasteiger partial charge in [-0.05, 0) is 35.7 Å². The van der Waals surface area contributed by atoms with Crippen LogP contribution >= 0.6 is 15.9 Å². The van der Waals surface area contributed by atoms with Crippen LogP contribution in [0.25, 0.3) is 0 Å². The maximum Gasteiger partial charge on any atom is 0.240 e. The number of nitriles is 1. The van der Waals surface area contributed by atoms with E-state index in [1.165, 1.54) is 11.1 Å². The van der Waals surface area contributed by atoms with E-state index in [9.17, 15) is 10.1 Å². The number of piperazine rings is 1. The van der Waals surface area contributed by atoms with Crippen LogP contribution in [0.15, 0.2) is 83.3 Å². The molecule has 1 amide bonds. The molecule has 37 heavy (non-hydrogen) atoms. The fraction of sp³-hybridized carbons (Fsp3) is 0.333. The molecule has 0 unspecified atom stereocenters. The molecule has 3 aromatic rings. The molecule has 1 N–H and O–H groups in total. The summed E-state index contributed by atoms with van der Waals surface area (Å²) in [5.74, 6) is 0.217. The normalized spacial score (nSPS) is 20.1. The molecule has 2 aliphatic heterocycles. The van der Waals surface area contributed by atoms with Crippen molar-refractivity contribution < 1.29 is 4.79 Å². The van der Waals surface area contributed by atoms with Gasteiger partial charge in [0.2, 0.25) is 5.91 Å². The van der Waals surface area contributed by atoms with Gasteiger partial charge < -0.3 is 15.1 Å². The molecule has 0 bridgehead atoms. The number of amides is 1. The SMILES string of the molecule is N#Cc1ccccc1N1CCN(C(=O)[C@@H]2C[C@H](NCc3ccccc3Br)CN2Cc2ccccc2)CC1. The zero-order valence-corrected chi connectivity index (χ0v) is 22.5. The molecular formula is C30H32BrN5O. The van der Waals surface area contributed by atoms with Crippen molar-refractivity contribution in [3.05, 3.63) is 100 Å². The Morgan fingerprint density at radius 1 is 0.946 bits per heavy atom. The summed E-state index contributed by atoms with van der Waals surface area (Å²) in [6.45, 7) is 5.18. The lowest BCUT2D eigenvalue weighted by Gasteiger charge is -2.38. The molecule has 2 fully saturated rings. The number of nitrogens with one attached hydrogen (secondary N) is 1. The Bertz CT molecular complexity index is 1250. The standard InChI is InChI=1S/C30H32BrN5O/c31-27-12-6-4-11-25(27)20-33-26-18-29(36(22-26)21-23-8-2-1-3-9-23)30(37)35-16-14-34(15-17-35)28-13-7-5-10-24(28)19-32/h1-13,26,29,33H,14-18,20-22H2/t26-,29-/m0/s1. The van der Waals surface area contributed by atoms with Gasteiger partial charge in [-0.2, -0.15) is 5.26 Å². The number of benzene rings is 3. The largest absolute Gasteiger partial charge is 0.367 e. The summed E-state index contributed by atoms with van der Waals surface area (Å²) >= 11 is 3.65. The highest BCUT2D eigenvalue weighted by atomic mass is 79.9. The fourth-order valence-electron chi connectivity index (χ4n) is 5.42. The minimum atomic E-state index is -0.144. The third kappa shape index (κ3) is 6.04. The van der Waals surface area contributed by atoms with Gasteiger partial charge in [0.05, 0.1) is 17.3 Å². The number of rotatable bonds is 7. The molecule has 2 heterocycles. The van der Waals surface area contributed by atoms with Crippen molar-refractivity contribution in [3.63, 3.8) is 0 Å². The van der Waals surface area contributed by atoms with Crippen LogP contribution in [-0.2, 0) is 17.9 Å². The van der Waals surface area contributed by atoms with Crippen molar-refractivity contribution in [2.24, 2.45) is 0 Å². The first kappa shape index (κ1) is 25.5. The summed E-state index contributed by atoms with van der Waals surface area (Å²) in [6, 6.07) is 28.8. The third-order valence-corrected chi connectivity index (χ3v) is 8.19. The van der Waals surface area contributed by atoms with Crippen LogP contribution in [0.1, 0.15) is 23.1 Å². The van der Waals surface area contributed by atoms with Crippen molar-refractivity contribution in [2.75, 3.05) is 37.6 Å². The van der Waals surface area contributed by atoms with Gasteiger partial charge in [0.25, 0.3) is 0 Å². The first-order chi connectivity index (χ1) is 18.1. The average Bonchev–Trinajstić information content (AvgIpc) is 3.35. The van der Waals surface area contributed by atoms with Crippen molar-refractivity contribution in [1.82, 2.24) is 15.1 Å². The predicted molar refractivity (Wildman–Crippen MR) is 150 cm³/mol. The Kier molecular flexibility index (Phi) is 8.20. The Labute approximate surface area is 227 Å². The van der Waals surface area contributed by atoms with Crippen LogP contribution in [0.4, 0.5) is 5.69 Å². The summed E-state index contributed by atoms with van der Waals surface area (Å²) < 4.78 is 1.10. The van der Waals surface area contributed by atoms with E-state index in [0.29, 0.717) is 18.7 Å². The molecule has 0 radical (unpaired) electrons. The van der Waals surface area contributed by atoms with E-state index >= 15 is 0 Å². The number of carbonyl (C=O) groups is 1. The molecule has 3 aromatic carbocycles. The molecule has 0 spiro atoms. The molecule has 0 saturated carbocycles. The highest BCUT2D eigenvalue weighted by molar-refractivity contribution is 9.10. The number of anilines is 1. The molecule has 2 saturated heterocycles. The zero-order valence-electron chi connectivity index (χ0n) is 20.9. The summed E-state index contributed by atoms with van der Waals surface area (Å²) in [4.78, 5) is 20.4. The quantitative estimate of drug-likeness (QED) is 0.466. The Morgan fingerprint density at radius 2 is 1.65 bits per heavy atom. The van der Waals surface area contributed by atoms with Crippen LogP contribution in [0, 0.1) is 11.3 Å². The molecular weight excluding hydrogens is 526 g/mol. The average molecular weight is 559 g/mol. The van der Waals surface area contributed by atoms with Crippen LogP contribution in [0.3, 0.4) is 0 Å². The molecule has 6 nitrogen and oxygen atoms in total. The Morgan fingerprint density at radius 3 is 2.41 bits per heavy atom. The number of hydrogen-bond acceptors (Lipinski definition) is 5. The second-order valence-corrected chi connectivity index (χ2v) is 10.6. The number of halogens is 1. The maximum absolute atomic E-state index is 13.8. The second kappa shape index (κ2) is 11.9. The first-order valence-electron chi connectivity index (χ1n) is 12.9. The zero-order chi connectivity index (χ0) is 25.6. The highest BCUT2D eigenvalue weighted by Crippen LogP contribution is 2.26. The van der Waals surface area contributed by atoms with Crippen molar-refractivity contribution in [1.29, 1.82) is 5.26 Å². The highest BCUT2D eigenvalue weighted by Gasteiger charge is 2.39. The second-order valence-electron chi connectivity index (χ2n) is 9.78. The summed E-state index contributed by atoms with van der Waals surface area (Å²) in [7, 11) is 0. The predicted octanol–water partition coefficient (Wildman–Crippen LogP) is 4.40. The molecule has 0 aromatic heterocycles. The van der Waals surface area contributed by atoms with E-state index in [0.717, 1.165) is 49.3 Å². The van der Waals surface area contributed by atoms with Gasteiger partial charge in [0, 0.05) is 56.3 Å². The maximum atomic E-state index is 13.8. The van der Waals surface area contributed by atoms with Gasteiger partial charge in [-0.15, -0.1) is 0 Å². The molecule has 7 heteroatoms. The number of carbonyl (C=O) groups excluding carboxylic acids is 1. The topological polar surface area (TPSA) is 62.6 Å². The van der Waals surface area contributed by atoms with E-state index < -0.39 is 0 Å².